The highest BCUT2D eigenvalue weighted by atomic mass is 35.5. The number of carbonyl (C=O) groups is 1. The van der Waals surface area contributed by atoms with Gasteiger partial charge in [0.25, 0.3) is 10.0 Å². The first-order chi connectivity index (χ1) is 14.2. The zero-order valence-electron chi connectivity index (χ0n) is 15.9. The summed E-state index contributed by atoms with van der Waals surface area (Å²) in [5.41, 5.74) is 2.15. The second-order valence-corrected chi connectivity index (χ2v) is 8.81. The molecule has 3 rings (SSSR count). The largest absolute Gasteiger partial charge is 0.337 e. The number of hydrogen-bond donors (Lipinski definition) is 2. The number of nitrogens with zero attached hydrogens (tertiary/aromatic N) is 1. The average molecular weight is 466 g/mol. The fourth-order valence-corrected chi connectivity index (χ4v) is 3.99. The van der Waals surface area contributed by atoms with E-state index in [4.69, 9.17) is 27.7 Å². The molecule has 1 heterocycles. The maximum Gasteiger partial charge on any atom is 0.264 e. The van der Waals surface area contributed by atoms with Gasteiger partial charge in [-0.05, 0) is 56.3 Å². The maximum atomic E-state index is 12.5. The molecule has 10 heteroatoms. The van der Waals surface area contributed by atoms with Gasteiger partial charge < -0.3 is 9.84 Å². The highest BCUT2D eigenvalue weighted by Gasteiger charge is 2.19. The molecule has 0 bridgehead atoms. The van der Waals surface area contributed by atoms with Crippen molar-refractivity contribution in [2.24, 2.45) is 0 Å². The van der Waals surface area contributed by atoms with Gasteiger partial charge in [-0.15, -0.1) is 0 Å². The lowest BCUT2D eigenvalue weighted by Crippen LogP contribution is -2.13. The number of anilines is 2. The Kier molecular flexibility index (Phi) is 6.50. The standard InChI is InChI=1S/C20H17Cl2N3O4S/c1-12-13(2)24-29-20(12)25-30(27,28)15-8-6-14(7-9-15)23-19(26)11-10-16-17(21)4-3-5-18(16)22/h3-11,25H,1-2H3,(H,23,26)/b11-10-. The summed E-state index contributed by atoms with van der Waals surface area (Å²) in [6.45, 7) is 3.41. The fraction of sp³-hybridized carbons (Fsp3) is 0.100. The van der Waals surface area contributed by atoms with Crippen LogP contribution in [-0.2, 0) is 14.8 Å². The minimum Gasteiger partial charge on any atom is -0.337 e. The normalized spacial score (nSPS) is 11.6. The van der Waals surface area contributed by atoms with Crippen molar-refractivity contribution in [1.82, 2.24) is 5.16 Å². The number of aryl methyl sites for hydroxylation is 1. The summed E-state index contributed by atoms with van der Waals surface area (Å²) in [5.74, 6) is -0.360. The molecule has 0 atom stereocenters. The van der Waals surface area contributed by atoms with E-state index in [1.54, 1.807) is 32.0 Å². The van der Waals surface area contributed by atoms with Gasteiger partial charge in [-0.2, -0.15) is 0 Å². The monoisotopic (exact) mass is 465 g/mol. The number of rotatable bonds is 6. The fourth-order valence-electron chi connectivity index (χ4n) is 2.42. The lowest BCUT2D eigenvalue weighted by atomic mass is 10.2. The van der Waals surface area contributed by atoms with Gasteiger partial charge in [0.15, 0.2) is 0 Å². The Labute approximate surface area is 183 Å². The Bertz CT molecular complexity index is 1200. The van der Waals surface area contributed by atoms with E-state index in [0.29, 0.717) is 32.6 Å². The van der Waals surface area contributed by atoms with E-state index < -0.39 is 15.9 Å². The molecular formula is C20H17Cl2N3O4S. The number of amides is 1. The van der Waals surface area contributed by atoms with Crippen LogP contribution in [0.15, 0.2) is 58.0 Å². The zero-order chi connectivity index (χ0) is 21.9. The van der Waals surface area contributed by atoms with E-state index in [9.17, 15) is 13.2 Å². The molecule has 156 valence electrons. The number of aromatic nitrogens is 1. The minimum atomic E-state index is -3.86. The molecule has 0 saturated carbocycles. The molecule has 1 aromatic heterocycles. The van der Waals surface area contributed by atoms with Crippen LogP contribution >= 0.6 is 23.2 Å². The minimum absolute atomic E-state index is 0.00680. The Morgan fingerprint density at radius 3 is 2.27 bits per heavy atom. The Balaban J connectivity index is 1.69. The van der Waals surface area contributed by atoms with Crippen molar-refractivity contribution in [1.29, 1.82) is 0 Å². The van der Waals surface area contributed by atoms with Crippen molar-refractivity contribution in [3.8, 4) is 0 Å². The predicted molar refractivity (Wildman–Crippen MR) is 117 cm³/mol. The molecule has 0 radical (unpaired) electrons. The summed E-state index contributed by atoms with van der Waals surface area (Å²) in [6, 6.07) is 10.7. The number of hydrogen-bond acceptors (Lipinski definition) is 5. The molecule has 0 aliphatic carbocycles. The van der Waals surface area contributed by atoms with Crippen molar-refractivity contribution >= 4 is 56.8 Å². The molecule has 0 fully saturated rings. The van der Waals surface area contributed by atoms with Crippen molar-refractivity contribution in [2.45, 2.75) is 18.7 Å². The van der Waals surface area contributed by atoms with Gasteiger partial charge in [-0.3, -0.25) is 4.79 Å². The van der Waals surface area contributed by atoms with Crippen LogP contribution in [0, 0.1) is 13.8 Å². The molecule has 2 aromatic carbocycles. The SMILES string of the molecule is Cc1noc(NS(=O)(=O)c2ccc(NC(=O)/C=C\c3c(Cl)cccc3Cl)cc2)c1C. The number of sulfonamides is 1. The summed E-state index contributed by atoms with van der Waals surface area (Å²) in [7, 11) is -3.86. The van der Waals surface area contributed by atoms with Gasteiger partial charge in [0, 0.05) is 32.9 Å². The van der Waals surface area contributed by atoms with Gasteiger partial charge in [0.2, 0.25) is 11.8 Å². The molecule has 7 nitrogen and oxygen atoms in total. The third-order valence-corrected chi connectivity index (χ3v) is 6.22. The van der Waals surface area contributed by atoms with E-state index in [-0.39, 0.29) is 10.8 Å². The number of halogens is 2. The summed E-state index contributed by atoms with van der Waals surface area (Å²) in [6.07, 6.45) is 2.79. The van der Waals surface area contributed by atoms with Gasteiger partial charge >= 0.3 is 0 Å². The Morgan fingerprint density at radius 1 is 1.07 bits per heavy atom. The van der Waals surface area contributed by atoms with Gasteiger partial charge in [-0.1, -0.05) is 34.4 Å². The lowest BCUT2D eigenvalue weighted by Gasteiger charge is -2.07. The summed E-state index contributed by atoms with van der Waals surface area (Å²) >= 11 is 12.1. The third-order valence-electron chi connectivity index (χ3n) is 4.22. The highest BCUT2D eigenvalue weighted by molar-refractivity contribution is 7.92. The van der Waals surface area contributed by atoms with Crippen LogP contribution in [0.1, 0.15) is 16.8 Å². The van der Waals surface area contributed by atoms with E-state index in [1.165, 1.54) is 36.4 Å². The van der Waals surface area contributed by atoms with Gasteiger partial charge in [0.05, 0.1) is 10.6 Å². The van der Waals surface area contributed by atoms with E-state index in [2.05, 4.69) is 15.2 Å². The van der Waals surface area contributed by atoms with Crippen LogP contribution < -0.4 is 10.0 Å². The van der Waals surface area contributed by atoms with Crippen LogP contribution in [0.5, 0.6) is 0 Å². The lowest BCUT2D eigenvalue weighted by molar-refractivity contribution is -0.111. The molecule has 3 aromatic rings. The second-order valence-electron chi connectivity index (χ2n) is 6.31. The number of carbonyl (C=O) groups excluding carboxylic acids is 1. The summed E-state index contributed by atoms with van der Waals surface area (Å²) in [5, 5.41) is 7.20. The molecule has 30 heavy (non-hydrogen) atoms. The number of nitrogens with one attached hydrogen (secondary N) is 2. The van der Waals surface area contributed by atoms with Crippen molar-refractivity contribution in [3.63, 3.8) is 0 Å². The smallest absolute Gasteiger partial charge is 0.264 e. The van der Waals surface area contributed by atoms with Crippen LogP contribution in [0.25, 0.3) is 6.08 Å². The second kappa shape index (κ2) is 8.91. The van der Waals surface area contributed by atoms with Crippen LogP contribution in [-0.4, -0.2) is 19.5 Å². The molecule has 0 spiro atoms. The van der Waals surface area contributed by atoms with E-state index in [0.717, 1.165) is 0 Å². The molecule has 0 unspecified atom stereocenters. The molecular weight excluding hydrogens is 449 g/mol. The first-order valence-electron chi connectivity index (χ1n) is 8.66. The van der Waals surface area contributed by atoms with Crippen molar-refractivity contribution < 1.29 is 17.7 Å². The average Bonchev–Trinajstić information content (AvgIpc) is 2.99. The first-order valence-corrected chi connectivity index (χ1v) is 10.9. The maximum absolute atomic E-state index is 12.5. The number of benzene rings is 2. The van der Waals surface area contributed by atoms with Crippen LogP contribution in [0.4, 0.5) is 11.6 Å². The van der Waals surface area contributed by atoms with Crippen LogP contribution in [0.2, 0.25) is 10.0 Å². The Morgan fingerprint density at radius 2 is 1.70 bits per heavy atom. The molecule has 0 aliphatic rings. The molecule has 0 saturated heterocycles. The molecule has 1 amide bonds. The first kappa shape index (κ1) is 21.9. The topological polar surface area (TPSA) is 101 Å². The van der Waals surface area contributed by atoms with Crippen molar-refractivity contribution in [3.05, 3.63) is 75.4 Å². The van der Waals surface area contributed by atoms with E-state index >= 15 is 0 Å². The molecule has 0 aliphatic heterocycles. The van der Waals surface area contributed by atoms with Crippen LogP contribution in [0.3, 0.4) is 0 Å². The predicted octanol–water partition coefficient (Wildman–Crippen LogP) is 5.05. The highest BCUT2D eigenvalue weighted by Crippen LogP contribution is 2.26. The Hall–Kier alpha value is -2.81. The molecule has 2 N–H and O–H groups in total. The van der Waals surface area contributed by atoms with Crippen molar-refractivity contribution in [2.75, 3.05) is 10.0 Å². The third kappa shape index (κ3) is 5.02. The summed E-state index contributed by atoms with van der Waals surface area (Å²) < 4.78 is 32.3. The summed E-state index contributed by atoms with van der Waals surface area (Å²) in [4.78, 5) is 12.1. The zero-order valence-corrected chi connectivity index (χ0v) is 18.3. The quantitative estimate of drug-likeness (QED) is 0.495. The van der Waals surface area contributed by atoms with Gasteiger partial charge in [-0.25, -0.2) is 13.1 Å². The van der Waals surface area contributed by atoms with E-state index in [1.807, 2.05) is 0 Å². The van der Waals surface area contributed by atoms with Gasteiger partial charge in [0.1, 0.15) is 0 Å².